The molecule has 1 fully saturated rings. The largest absolute Gasteiger partial charge is 0.335 e. The summed E-state index contributed by atoms with van der Waals surface area (Å²) < 4.78 is 0. The predicted molar refractivity (Wildman–Crippen MR) is 97.5 cm³/mol. The second-order valence-electron chi connectivity index (χ2n) is 6.71. The van der Waals surface area contributed by atoms with Gasteiger partial charge in [0.1, 0.15) is 6.54 Å². The molecule has 1 aromatic rings. The van der Waals surface area contributed by atoms with E-state index in [9.17, 15) is 9.59 Å². The van der Waals surface area contributed by atoms with Gasteiger partial charge in [-0.3, -0.25) is 4.79 Å². The Morgan fingerprint density at radius 2 is 1.92 bits per heavy atom. The molecule has 0 unspecified atom stereocenters. The van der Waals surface area contributed by atoms with E-state index in [-0.39, 0.29) is 30.6 Å². The molecule has 0 atom stereocenters. The number of aryl methyl sites for hydroxylation is 2. The summed E-state index contributed by atoms with van der Waals surface area (Å²) in [6.07, 6.45) is 5.63. The molecule has 0 radical (unpaired) electrons. The first kappa shape index (κ1) is 18.7. The average Bonchev–Trinajstić information content (AvgIpc) is 2.83. The number of nitrogens with one attached hydrogen (secondary N) is 2. The Morgan fingerprint density at radius 3 is 2.46 bits per heavy atom. The lowest BCUT2D eigenvalue weighted by Crippen LogP contribution is -2.50. The fraction of sp³-hybridized carbons (Fsp3) is 0.706. The van der Waals surface area contributed by atoms with Crippen molar-refractivity contribution in [1.29, 1.82) is 0 Å². The molecule has 0 spiro atoms. The van der Waals surface area contributed by atoms with Crippen molar-refractivity contribution in [2.45, 2.75) is 71.9 Å². The van der Waals surface area contributed by atoms with Crippen LogP contribution in [0, 0.1) is 13.8 Å². The lowest BCUT2D eigenvalue weighted by Gasteiger charge is -2.30. The molecule has 1 aromatic heterocycles. The SMILES string of the molecule is Cc1nc(NC(=O)CN(C(=O)NC2CCCCC2)C(C)C)sc1C. The first-order valence-electron chi connectivity index (χ1n) is 8.68. The number of nitrogens with zero attached hydrogens (tertiary/aromatic N) is 2. The molecule has 0 aliphatic heterocycles. The van der Waals surface area contributed by atoms with Crippen molar-refractivity contribution in [1.82, 2.24) is 15.2 Å². The molecule has 7 heteroatoms. The van der Waals surface area contributed by atoms with Crippen LogP contribution in [0.5, 0.6) is 0 Å². The Bertz CT molecular complexity index is 560. The molecular formula is C17H28N4O2S. The topological polar surface area (TPSA) is 74.3 Å². The van der Waals surface area contributed by atoms with Crippen molar-refractivity contribution in [3.63, 3.8) is 0 Å². The molecule has 0 aromatic carbocycles. The maximum absolute atomic E-state index is 12.5. The summed E-state index contributed by atoms with van der Waals surface area (Å²) in [4.78, 5) is 31.8. The van der Waals surface area contributed by atoms with Crippen LogP contribution in [0.25, 0.3) is 0 Å². The maximum Gasteiger partial charge on any atom is 0.318 e. The number of hydrogen-bond acceptors (Lipinski definition) is 4. The molecule has 6 nitrogen and oxygen atoms in total. The van der Waals surface area contributed by atoms with Crippen LogP contribution in [0.4, 0.5) is 9.93 Å². The van der Waals surface area contributed by atoms with Gasteiger partial charge in [-0.05, 0) is 40.5 Å². The number of amides is 3. The van der Waals surface area contributed by atoms with Gasteiger partial charge in [0.05, 0.1) is 5.69 Å². The Morgan fingerprint density at radius 1 is 1.25 bits per heavy atom. The zero-order valence-corrected chi connectivity index (χ0v) is 15.8. The molecule has 1 saturated carbocycles. The maximum atomic E-state index is 12.5. The van der Waals surface area contributed by atoms with Gasteiger partial charge in [0.2, 0.25) is 5.91 Å². The third-order valence-corrected chi connectivity index (χ3v) is 5.39. The normalized spacial score (nSPS) is 15.4. The summed E-state index contributed by atoms with van der Waals surface area (Å²) in [7, 11) is 0. The zero-order chi connectivity index (χ0) is 17.7. The van der Waals surface area contributed by atoms with Crippen LogP contribution >= 0.6 is 11.3 Å². The minimum Gasteiger partial charge on any atom is -0.335 e. The van der Waals surface area contributed by atoms with Crippen LogP contribution in [0.3, 0.4) is 0 Å². The van der Waals surface area contributed by atoms with Crippen molar-refractivity contribution < 1.29 is 9.59 Å². The molecule has 1 heterocycles. The smallest absolute Gasteiger partial charge is 0.318 e. The molecular weight excluding hydrogens is 324 g/mol. The van der Waals surface area contributed by atoms with E-state index in [1.165, 1.54) is 17.8 Å². The molecule has 0 saturated heterocycles. The summed E-state index contributed by atoms with van der Waals surface area (Å²) >= 11 is 1.45. The van der Waals surface area contributed by atoms with Crippen LogP contribution in [-0.4, -0.2) is 40.5 Å². The van der Waals surface area contributed by atoms with Crippen molar-refractivity contribution >= 4 is 28.4 Å². The Hall–Kier alpha value is -1.63. The fourth-order valence-electron chi connectivity index (χ4n) is 2.83. The van der Waals surface area contributed by atoms with Crippen LogP contribution in [0.15, 0.2) is 0 Å². The van der Waals surface area contributed by atoms with Gasteiger partial charge in [-0.2, -0.15) is 0 Å². The quantitative estimate of drug-likeness (QED) is 0.852. The third kappa shape index (κ3) is 5.19. The van der Waals surface area contributed by atoms with E-state index in [1.54, 1.807) is 4.90 Å². The minimum absolute atomic E-state index is 0.0356. The summed E-state index contributed by atoms with van der Waals surface area (Å²) in [6.45, 7) is 7.77. The summed E-state index contributed by atoms with van der Waals surface area (Å²) in [5.41, 5.74) is 0.922. The minimum atomic E-state index is -0.212. The van der Waals surface area contributed by atoms with E-state index in [4.69, 9.17) is 0 Å². The molecule has 0 bridgehead atoms. The Kier molecular flexibility index (Phi) is 6.60. The van der Waals surface area contributed by atoms with E-state index in [2.05, 4.69) is 15.6 Å². The number of aromatic nitrogens is 1. The van der Waals surface area contributed by atoms with E-state index < -0.39 is 0 Å². The number of thiazole rings is 1. The van der Waals surface area contributed by atoms with Crippen molar-refractivity contribution in [3.8, 4) is 0 Å². The van der Waals surface area contributed by atoms with Crippen molar-refractivity contribution in [2.75, 3.05) is 11.9 Å². The van der Waals surface area contributed by atoms with Crippen LogP contribution in [-0.2, 0) is 4.79 Å². The van der Waals surface area contributed by atoms with Gasteiger partial charge in [-0.1, -0.05) is 19.3 Å². The monoisotopic (exact) mass is 352 g/mol. The zero-order valence-electron chi connectivity index (χ0n) is 15.0. The number of rotatable bonds is 5. The van der Waals surface area contributed by atoms with E-state index in [1.807, 2.05) is 27.7 Å². The molecule has 24 heavy (non-hydrogen) atoms. The van der Waals surface area contributed by atoms with Gasteiger partial charge in [-0.15, -0.1) is 11.3 Å². The van der Waals surface area contributed by atoms with E-state index in [0.29, 0.717) is 5.13 Å². The molecule has 1 aliphatic carbocycles. The second-order valence-corrected chi connectivity index (χ2v) is 7.92. The number of hydrogen-bond donors (Lipinski definition) is 2. The van der Waals surface area contributed by atoms with Crippen LogP contribution < -0.4 is 10.6 Å². The van der Waals surface area contributed by atoms with Gasteiger partial charge < -0.3 is 15.5 Å². The highest BCUT2D eigenvalue weighted by atomic mass is 32.1. The lowest BCUT2D eigenvalue weighted by molar-refractivity contribution is -0.117. The van der Waals surface area contributed by atoms with Gasteiger partial charge in [0.25, 0.3) is 0 Å². The highest BCUT2D eigenvalue weighted by molar-refractivity contribution is 7.15. The first-order chi connectivity index (χ1) is 11.4. The van der Waals surface area contributed by atoms with E-state index in [0.717, 1.165) is 36.3 Å². The van der Waals surface area contributed by atoms with E-state index >= 15 is 0 Å². The summed E-state index contributed by atoms with van der Waals surface area (Å²) in [5, 5.41) is 6.46. The molecule has 2 N–H and O–H groups in total. The number of anilines is 1. The average molecular weight is 353 g/mol. The van der Waals surface area contributed by atoms with Gasteiger partial charge in [0.15, 0.2) is 5.13 Å². The van der Waals surface area contributed by atoms with Gasteiger partial charge in [0, 0.05) is 17.0 Å². The fourth-order valence-corrected chi connectivity index (χ4v) is 3.66. The highest BCUT2D eigenvalue weighted by Gasteiger charge is 2.24. The Labute approximate surface area is 148 Å². The van der Waals surface area contributed by atoms with Crippen LogP contribution in [0.2, 0.25) is 0 Å². The molecule has 2 rings (SSSR count). The third-order valence-electron chi connectivity index (χ3n) is 4.41. The number of carbonyl (C=O) groups excluding carboxylic acids is 2. The summed E-state index contributed by atoms with van der Waals surface area (Å²) in [6, 6.07) is 0.0393. The standard InChI is InChI=1S/C17H28N4O2S/c1-11(2)21(17(23)19-14-8-6-5-7-9-14)10-15(22)20-16-18-12(3)13(4)24-16/h11,14H,5-10H2,1-4H3,(H,19,23)(H,18,20,22). The Balaban J connectivity index is 1.91. The predicted octanol–water partition coefficient (Wildman–Crippen LogP) is 3.45. The molecule has 1 aliphatic rings. The van der Waals surface area contributed by atoms with Gasteiger partial charge >= 0.3 is 6.03 Å². The molecule has 3 amide bonds. The number of carbonyl (C=O) groups is 2. The van der Waals surface area contributed by atoms with Crippen LogP contribution in [0.1, 0.15) is 56.5 Å². The first-order valence-corrected chi connectivity index (χ1v) is 9.49. The summed E-state index contributed by atoms with van der Waals surface area (Å²) in [5.74, 6) is -0.212. The number of urea groups is 1. The van der Waals surface area contributed by atoms with Crippen molar-refractivity contribution in [2.24, 2.45) is 0 Å². The second kappa shape index (κ2) is 8.46. The van der Waals surface area contributed by atoms with Crippen molar-refractivity contribution in [3.05, 3.63) is 10.6 Å². The van der Waals surface area contributed by atoms with Gasteiger partial charge in [-0.25, -0.2) is 9.78 Å². The highest BCUT2D eigenvalue weighted by Crippen LogP contribution is 2.21. The molecule has 134 valence electrons. The lowest BCUT2D eigenvalue weighted by atomic mass is 9.96.